The molecule has 0 fully saturated rings. The number of Topliss-reactive ketones (excluding diaryl/α,β-unsaturated/α-hetero) is 1. The summed E-state index contributed by atoms with van der Waals surface area (Å²) in [4.78, 5) is 11.9. The molecular weight excluding hydrogens is 429 g/mol. The minimum atomic E-state index is -0.206. The first-order valence-corrected chi connectivity index (χ1v) is 9.67. The largest absolute Gasteiger partial charge is 0.481 e. The fourth-order valence-electron chi connectivity index (χ4n) is 2.91. The van der Waals surface area contributed by atoms with Gasteiger partial charge in [0.15, 0.2) is 18.1 Å². The van der Waals surface area contributed by atoms with Crippen LogP contribution in [0.4, 0.5) is 0 Å². The van der Waals surface area contributed by atoms with Crippen LogP contribution in [-0.4, -0.2) is 21.1 Å². The maximum Gasteiger partial charge on any atom is 0.254 e. The smallest absolute Gasteiger partial charge is 0.254 e. The molecule has 0 aliphatic carbocycles. The van der Waals surface area contributed by atoms with Gasteiger partial charge < -0.3 is 13.7 Å². The third-order valence-corrected chi connectivity index (χ3v) is 5.15. The fourth-order valence-corrected chi connectivity index (χ4v) is 3.28. The molecule has 0 aliphatic heterocycles. The number of carbonyl (C=O) groups excluding carboxylic acids is 1. The van der Waals surface area contributed by atoms with E-state index in [9.17, 15) is 4.79 Å². The van der Waals surface area contributed by atoms with Crippen molar-refractivity contribution in [2.45, 2.75) is 20.5 Å². The predicted molar refractivity (Wildman–Crippen MR) is 111 cm³/mol. The number of hydrogen-bond acceptors (Lipinski definition) is 7. The predicted octanol–water partition coefficient (Wildman–Crippen LogP) is 5.79. The van der Waals surface area contributed by atoms with Crippen molar-refractivity contribution in [2.24, 2.45) is 0 Å². The number of halogens is 2. The number of benzene rings is 2. The quantitative estimate of drug-likeness (QED) is 0.348. The average Bonchev–Trinajstić information content (AvgIpc) is 3.35. The molecule has 4 rings (SSSR count). The summed E-state index contributed by atoms with van der Waals surface area (Å²) >= 11 is 12.3. The van der Waals surface area contributed by atoms with Crippen molar-refractivity contribution in [3.63, 3.8) is 0 Å². The molecule has 0 N–H and O–H groups in total. The molecule has 0 radical (unpaired) electrons. The lowest BCUT2D eigenvalue weighted by Crippen LogP contribution is -2.03. The molecule has 0 saturated heterocycles. The van der Waals surface area contributed by atoms with Crippen molar-refractivity contribution >= 4 is 29.0 Å². The number of ketones is 1. The summed E-state index contributed by atoms with van der Waals surface area (Å²) in [5.74, 6) is 0.942. The molecule has 2 heterocycles. The highest BCUT2D eigenvalue weighted by atomic mass is 35.5. The van der Waals surface area contributed by atoms with Gasteiger partial charge in [-0.3, -0.25) is 4.79 Å². The lowest BCUT2D eigenvalue weighted by atomic mass is 10.1. The minimum absolute atomic E-state index is 0.0989. The maximum absolute atomic E-state index is 11.9. The van der Waals surface area contributed by atoms with Crippen molar-refractivity contribution in [1.82, 2.24) is 15.4 Å². The van der Waals surface area contributed by atoms with Crippen LogP contribution < -0.4 is 4.74 Å². The van der Waals surface area contributed by atoms with Gasteiger partial charge in [0.2, 0.25) is 0 Å². The molecule has 9 heteroatoms. The number of aromatic nitrogens is 3. The number of nitrogens with zero attached hydrogens (tertiary/aromatic N) is 3. The highest BCUT2D eigenvalue weighted by molar-refractivity contribution is 6.43. The van der Waals surface area contributed by atoms with Crippen LogP contribution in [0.5, 0.6) is 5.75 Å². The van der Waals surface area contributed by atoms with E-state index in [2.05, 4.69) is 15.4 Å². The monoisotopic (exact) mass is 443 g/mol. The first-order valence-electron chi connectivity index (χ1n) is 8.92. The standard InChI is InChI=1S/C21H15Cl2N3O4/c1-11(27)14-8-9-15(22)18(23)20(14)28-10-16-24-25-21(29-16)17-12(2)30-26-19(17)13-6-4-3-5-7-13/h3-9H,10H2,1-2H3. The molecule has 152 valence electrons. The Balaban J connectivity index is 1.61. The second kappa shape index (κ2) is 8.30. The number of carbonyl (C=O) groups is 1. The normalized spacial score (nSPS) is 10.9. The number of rotatable bonds is 6. The van der Waals surface area contributed by atoms with Crippen LogP contribution in [0, 0.1) is 6.92 Å². The third-order valence-electron chi connectivity index (χ3n) is 4.36. The lowest BCUT2D eigenvalue weighted by molar-refractivity contribution is 0.101. The van der Waals surface area contributed by atoms with Gasteiger partial charge in [0, 0.05) is 5.56 Å². The Labute approximate surface area is 181 Å². The van der Waals surface area contributed by atoms with Gasteiger partial charge in [-0.2, -0.15) is 0 Å². The summed E-state index contributed by atoms with van der Waals surface area (Å²) in [5.41, 5.74) is 2.37. The minimum Gasteiger partial charge on any atom is -0.481 e. The van der Waals surface area contributed by atoms with Crippen molar-refractivity contribution < 1.29 is 18.5 Å². The van der Waals surface area contributed by atoms with Crippen LogP contribution in [-0.2, 0) is 6.61 Å². The zero-order chi connectivity index (χ0) is 21.3. The van der Waals surface area contributed by atoms with E-state index in [1.807, 2.05) is 30.3 Å². The van der Waals surface area contributed by atoms with Crippen molar-refractivity contribution in [1.29, 1.82) is 0 Å². The Morgan fingerprint density at radius 2 is 1.87 bits per heavy atom. The van der Waals surface area contributed by atoms with E-state index in [1.54, 1.807) is 13.0 Å². The zero-order valence-corrected chi connectivity index (χ0v) is 17.5. The second-order valence-corrected chi connectivity index (χ2v) is 7.20. The first-order chi connectivity index (χ1) is 14.5. The molecule has 2 aromatic heterocycles. The van der Waals surface area contributed by atoms with Crippen LogP contribution in [0.25, 0.3) is 22.7 Å². The molecule has 4 aromatic rings. The Bertz CT molecular complexity index is 1220. The third kappa shape index (κ3) is 3.81. The highest BCUT2D eigenvalue weighted by Gasteiger charge is 2.23. The molecule has 30 heavy (non-hydrogen) atoms. The highest BCUT2D eigenvalue weighted by Crippen LogP contribution is 2.37. The maximum atomic E-state index is 11.9. The van der Waals surface area contributed by atoms with E-state index in [1.165, 1.54) is 13.0 Å². The van der Waals surface area contributed by atoms with Crippen LogP contribution in [0.1, 0.15) is 28.9 Å². The molecule has 0 unspecified atom stereocenters. The molecule has 0 spiro atoms. The average molecular weight is 444 g/mol. The van der Waals surface area contributed by atoms with Crippen molar-refractivity contribution in [3.05, 3.63) is 69.7 Å². The van der Waals surface area contributed by atoms with Gasteiger partial charge in [-0.25, -0.2) is 0 Å². The van der Waals surface area contributed by atoms with Crippen LogP contribution in [0.2, 0.25) is 10.0 Å². The summed E-state index contributed by atoms with van der Waals surface area (Å²) in [6, 6.07) is 12.6. The molecule has 2 aromatic carbocycles. The van der Waals surface area contributed by atoms with Gasteiger partial charge in [-0.05, 0) is 26.0 Å². The van der Waals surface area contributed by atoms with E-state index in [4.69, 9.17) is 36.9 Å². The number of hydrogen-bond donors (Lipinski definition) is 0. The summed E-state index contributed by atoms with van der Waals surface area (Å²) in [5, 5.41) is 12.6. The summed E-state index contributed by atoms with van der Waals surface area (Å²) in [6.45, 7) is 3.08. The van der Waals surface area contributed by atoms with Gasteiger partial charge in [0.25, 0.3) is 11.8 Å². The number of aryl methyl sites for hydroxylation is 1. The molecule has 0 atom stereocenters. The van der Waals surface area contributed by atoms with Gasteiger partial charge in [-0.1, -0.05) is 58.7 Å². The van der Waals surface area contributed by atoms with Crippen LogP contribution in [0.3, 0.4) is 0 Å². The molecular formula is C21H15Cl2N3O4. The Morgan fingerprint density at radius 3 is 2.60 bits per heavy atom. The van der Waals surface area contributed by atoms with Gasteiger partial charge in [-0.15, -0.1) is 10.2 Å². The first kappa shape index (κ1) is 20.1. The molecule has 0 bridgehead atoms. The Hall–Kier alpha value is -3.16. The van der Waals surface area contributed by atoms with Gasteiger partial charge in [0.1, 0.15) is 22.0 Å². The number of ether oxygens (including phenoxy) is 1. The second-order valence-electron chi connectivity index (χ2n) is 6.41. The van der Waals surface area contributed by atoms with Gasteiger partial charge in [0.05, 0.1) is 10.6 Å². The van der Waals surface area contributed by atoms with Gasteiger partial charge >= 0.3 is 0 Å². The zero-order valence-electron chi connectivity index (χ0n) is 16.0. The topological polar surface area (TPSA) is 91.2 Å². The summed E-state index contributed by atoms with van der Waals surface area (Å²) in [6.07, 6.45) is 0. The Morgan fingerprint density at radius 1 is 1.10 bits per heavy atom. The van der Waals surface area contributed by atoms with Crippen LogP contribution >= 0.6 is 23.2 Å². The van der Waals surface area contributed by atoms with E-state index in [-0.39, 0.29) is 40.0 Å². The summed E-state index contributed by atoms with van der Waals surface area (Å²) in [7, 11) is 0. The van der Waals surface area contributed by atoms with E-state index >= 15 is 0 Å². The van der Waals surface area contributed by atoms with Crippen LogP contribution in [0.15, 0.2) is 51.4 Å². The van der Waals surface area contributed by atoms with E-state index in [0.29, 0.717) is 22.6 Å². The molecule has 7 nitrogen and oxygen atoms in total. The van der Waals surface area contributed by atoms with Crippen molar-refractivity contribution in [2.75, 3.05) is 0 Å². The fraction of sp³-hybridized carbons (Fsp3) is 0.143. The SMILES string of the molecule is CC(=O)c1ccc(Cl)c(Cl)c1OCc1nnc(-c2c(-c3ccccc3)noc2C)o1. The van der Waals surface area contributed by atoms with E-state index < -0.39 is 0 Å². The molecule has 0 aliphatic rings. The van der Waals surface area contributed by atoms with Crippen molar-refractivity contribution in [3.8, 4) is 28.5 Å². The summed E-state index contributed by atoms with van der Waals surface area (Å²) < 4.78 is 16.8. The Kier molecular flexibility index (Phi) is 5.57. The lowest BCUT2D eigenvalue weighted by Gasteiger charge is -2.11. The van der Waals surface area contributed by atoms with E-state index in [0.717, 1.165) is 5.56 Å². The molecule has 0 amide bonds. The molecule has 0 saturated carbocycles.